The van der Waals surface area contributed by atoms with E-state index in [1.54, 1.807) is 15.6 Å². The van der Waals surface area contributed by atoms with Crippen LogP contribution in [0, 0.1) is 0 Å². The van der Waals surface area contributed by atoms with Crippen LogP contribution in [-0.2, 0) is 16.4 Å². The third-order valence-corrected chi connectivity index (χ3v) is 9.45. The van der Waals surface area contributed by atoms with Crippen LogP contribution in [0.1, 0.15) is 29.8 Å². The van der Waals surface area contributed by atoms with Crippen LogP contribution in [0.15, 0.2) is 25.5 Å². The fourth-order valence-electron chi connectivity index (χ4n) is 2.65. The number of hydrogen-bond donors (Lipinski definition) is 0. The molecule has 1 atom stereocenters. The molecule has 0 aliphatic carbocycles. The van der Waals surface area contributed by atoms with E-state index in [0.29, 0.717) is 19.6 Å². The molecule has 0 fully saturated rings. The summed E-state index contributed by atoms with van der Waals surface area (Å²) < 4.78 is 28.4. The highest BCUT2D eigenvalue weighted by molar-refractivity contribution is 9.11. The molecule has 3 nitrogen and oxygen atoms in total. The van der Waals surface area contributed by atoms with Gasteiger partial charge in [0.15, 0.2) is 0 Å². The summed E-state index contributed by atoms with van der Waals surface area (Å²) in [4.78, 5) is 1.30. The van der Waals surface area contributed by atoms with Crippen LogP contribution in [0.3, 0.4) is 0 Å². The van der Waals surface area contributed by atoms with Crippen molar-refractivity contribution < 1.29 is 8.42 Å². The molecule has 3 heterocycles. The molecule has 0 amide bonds. The lowest BCUT2D eigenvalue weighted by atomic mass is 10.0. The van der Waals surface area contributed by atoms with Crippen LogP contribution < -0.4 is 0 Å². The number of sulfonamides is 1. The van der Waals surface area contributed by atoms with Crippen molar-refractivity contribution in [3.8, 4) is 0 Å². The Morgan fingerprint density at radius 3 is 2.90 bits per heavy atom. The summed E-state index contributed by atoms with van der Waals surface area (Å²) in [6, 6.07) is 3.50. The minimum absolute atomic E-state index is 0.0790. The fraction of sp³-hybridized carbons (Fsp3) is 0.385. The summed E-state index contributed by atoms with van der Waals surface area (Å²) in [5.41, 5.74) is 1.15. The smallest absolute Gasteiger partial charge is 0.206 e. The van der Waals surface area contributed by atoms with Crippen molar-refractivity contribution in [2.24, 2.45) is 0 Å². The lowest BCUT2D eigenvalue weighted by Crippen LogP contribution is -2.38. The predicted octanol–water partition coefficient (Wildman–Crippen LogP) is 4.92. The Hall–Kier alpha value is 0.0800. The van der Waals surface area contributed by atoms with Gasteiger partial charge in [0, 0.05) is 11.4 Å². The Morgan fingerprint density at radius 2 is 2.29 bits per heavy atom. The molecule has 2 aromatic rings. The molecule has 21 heavy (non-hydrogen) atoms. The molecule has 2 aromatic heterocycles. The van der Waals surface area contributed by atoms with E-state index in [1.807, 2.05) is 18.4 Å². The lowest BCUT2D eigenvalue weighted by Gasteiger charge is -2.33. The van der Waals surface area contributed by atoms with Crippen molar-refractivity contribution in [2.75, 3.05) is 6.54 Å². The first-order valence-corrected chi connectivity index (χ1v) is 10.8. The maximum Gasteiger partial charge on any atom is 0.253 e. The average Bonchev–Trinajstić information content (AvgIpc) is 3.05. The van der Waals surface area contributed by atoms with Crippen molar-refractivity contribution in [1.82, 2.24) is 4.31 Å². The molecule has 114 valence electrons. The first kappa shape index (κ1) is 16.0. The van der Waals surface area contributed by atoms with Crippen LogP contribution >= 0.6 is 50.2 Å². The standard InChI is InChI=1S/C13H13BrClNO2S3/c1-2-10-8-4-6-19-11(8)3-5-16(10)21(17,18)12-7-9(15)13(14)20-12/h4,6-7,10H,2-3,5H2,1H3. The van der Waals surface area contributed by atoms with Crippen molar-refractivity contribution in [3.05, 3.63) is 36.8 Å². The van der Waals surface area contributed by atoms with Crippen molar-refractivity contribution in [2.45, 2.75) is 30.0 Å². The summed E-state index contributed by atoms with van der Waals surface area (Å²) >= 11 is 12.2. The van der Waals surface area contributed by atoms with E-state index in [4.69, 9.17) is 11.6 Å². The fourth-order valence-corrected chi connectivity index (χ4v) is 7.79. The van der Waals surface area contributed by atoms with Crippen LogP contribution in [0.2, 0.25) is 5.02 Å². The van der Waals surface area contributed by atoms with Gasteiger partial charge in [-0.3, -0.25) is 0 Å². The average molecular weight is 427 g/mol. The molecule has 1 aliphatic rings. The molecule has 0 bridgehead atoms. The minimum Gasteiger partial charge on any atom is -0.206 e. The molecular weight excluding hydrogens is 414 g/mol. The molecule has 0 N–H and O–H groups in total. The van der Waals surface area contributed by atoms with Crippen LogP contribution in [0.25, 0.3) is 0 Å². The zero-order valence-corrected chi connectivity index (χ0v) is 16.0. The second-order valence-corrected chi connectivity index (χ2v) is 10.7. The second kappa shape index (κ2) is 5.94. The normalized spacial score (nSPS) is 19.7. The molecule has 1 unspecified atom stereocenters. The Labute approximate surface area is 145 Å². The molecule has 0 saturated carbocycles. The highest BCUT2D eigenvalue weighted by Crippen LogP contribution is 2.41. The summed E-state index contributed by atoms with van der Waals surface area (Å²) in [5, 5.41) is 2.49. The minimum atomic E-state index is -3.50. The maximum atomic E-state index is 12.9. The topological polar surface area (TPSA) is 37.4 Å². The zero-order valence-electron chi connectivity index (χ0n) is 11.2. The van der Waals surface area contributed by atoms with E-state index in [1.165, 1.54) is 22.3 Å². The van der Waals surface area contributed by atoms with E-state index in [0.717, 1.165) is 18.4 Å². The second-order valence-electron chi connectivity index (χ2n) is 4.78. The first-order valence-electron chi connectivity index (χ1n) is 6.48. The van der Waals surface area contributed by atoms with Gasteiger partial charge in [0.05, 0.1) is 14.9 Å². The van der Waals surface area contributed by atoms with Gasteiger partial charge in [-0.25, -0.2) is 8.42 Å². The number of nitrogens with zero attached hydrogens (tertiary/aromatic N) is 1. The molecule has 0 spiro atoms. The quantitative estimate of drug-likeness (QED) is 0.698. The van der Waals surface area contributed by atoms with E-state index >= 15 is 0 Å². The molecule has 0 saturated heterocycles. The van der Waals surface area contributed by atoms with Gasteiger partial charge in [0.1, 0.15) is 4.21 Å². The number of fused-ring (bicyclic) bond motifs is 1. The van der Waals surface area contributed by atoms with Crippen molar-refractivity contribution >= 4 is 60.2 Å². The molecule has 0 radical (unpaired) electrons. The van der Waals surface area contributed by atoms with Gasteiger partial charge < -0.3 is 0 Å². The molecule has 3 rings (SSSR count). The SMILES string of the molecule is CCC1c2ccsc2CCN1S(=O)(=O)c1cc(Cl)c(Br)s1. The van der Waals surface area contributed by atoms with Gasteiger partial charge in [-0.05, 0) is 51.8 Å². The Kier molecular flexibility index (Phi) is 4.51. The van der Waals surface area contributed by atoms with Gasteiger partial charge in [-0.1, -0.05) is 18.5 Å². The molecule has 8 heteroatoms. The van der Waals surface area contributed by atoms with Gasteiger partial charge in [-0.15, -0.1) is 22.7 Å². The van der Waals surface area contributed by atoms with Gasteiger partial charge in [0.2, 0.25) is 0 Å². The molecular formula is C13H13BrClNO2S3. The van der Waals surface area contributed by atoms with E-state index < -0.39 is 10.0 Å². The third-order valence-electron chi connectivity index (χ3n) is 3.62. The Morgan fingerprint density at radius 1 is 1.52 bits per heavy atom. The summed E-state index contributed by atoms with van der Waals surface area (Å²) in [7, 11) is -3.50. The van der Waals surface area contributed by atoms with Gasteiger partial charge in [-0.2, -0.15) is 4.31 Å². The van der Waals surface area contributed by atoms with Crippen molar-refractivity contribution in [3.63, 3.8) is 0 Å². The van der Waals surface area contributed by atoms with E-state index in [2.05, 4.69) is 15.9 Å². The van der Waals surface area contributed by atoms with Gasteiger partial charge in [0.25, 0.3) is 10.0 Å². The summed E-state index contributed by atoms with van der Waals surface area (Å²) in [6.07, 6.45) is 1.55. The summed E-state index contributed by atoms with van der Waals surface area (Å²) in [5.74, 6) is 0. The van der Waals surface area contributed by atoms with Crippen LogP contribution in [-0.4, -0.2) is 19.3 Å². The highest BCUT2D eigenvalue weighted by atomic mass is 79.9. The monoisotopic (exact) mass is 425 g/mol. The van der Waals surface area contributed by atoms with Crippen LogP contribution in [0.5, 0.6) is 0 Å². The zero-order chi connectivity index (χ0) is 15.2. The molecule has 0 aromatic carbocycles. The molecule has 1 aliphatic heterocycles. The number of thiophene rings is 2. The number of rotatable bonds is 3. The largest absolute Gasteiger partial charge is 0.253 e. The van der Waals surface area contributed by atoms with Crippen LogP contribution in [0.4, 0.5) is 0 Å². The number of halogens is 2. The highest BCUT2D eigenvalue weighted by Gasteiger charge is 2.37. The van der Waals surface area contributed by atoms with E-state index in [-0.39, 0.29) is 6.04 Å². The lowest BCUT2D eigenvalue weighted by molar-refractivity contribution is 0.304. The Balaban J connectivity index is 2.03. The third kappa shape index (κ3) is 2.72. The van der Waals surface area contributed by atoms with Crippen molar-refractivity contribution in [1.29, 1.82) is 0 Å². The Bertz CT molecular complexity index is 749. The first-order chi connectivity index (χ1) is 9.95. The predicted molar refractivity (Wildman–Crippen MR) is 92.0 cm³/mol. The number of hydrogen-bond acceptors (Lipinski definition) is 4. The van der Waals surface area contributed by atoms with Gasteiger partial charge >= 0.3 is 0 Å². The van der Waals surface area contributed by atoms with E-state index in [9.17, 15) is 8.42 Å². The maximum absolute atomic E-state index is 12.9. The summed E-state index contributed by atoms with van der Waals surface area (Å²) in [6.45, 7) is 2.55.